The van der Waals surface area contributed by atoms with Crippen molar-refractivity contribution in [2.75, 3.05) is 0 Å². The van der Waals surface area contributed by atoms with E-state index in [1.54, 1.807) is 11.8 Å². The summed E-state index contributed by atoms with van der Waals surface area (Å²) in [5.41, 5.74) is 0. The zero-order valence-corrected chi connectivity index (χ0v) is 9.68. The second-order valence-electron chi connectivity index (χ2n) is 3.28. The molecule has 6 heteroatoms. The third kappa shape index (κ3) is 3.60. The summed E-state index contributed by atoms with van der Waals surface area (Å²) < 4.78 is 4.81. The standard InChI is InChI=1S/C11H10N2O3S/c14-11(15)6-10-12-9(13-16-10)7-17-8-4-2-1-3-5-8/h1-5H,6-7H2,(H,14,15). The molecule has 1 aromatic carbocycles. The number of hydrogen-bond donors (Lipinski definition) is 1. The quantitative estimate of drug-likeness (QED) is 0.818. The third-order valence-corrected chi connectivity index (χ3v) is 2.93. The number of thioether (sulfide) groups is 1. The maximum absolute atomic E-state index is 10.4. The summed E-state index contributed by atoms with van der Waals surface area (Å²) in [5.74, 6) is 0.236. The van der Waals surface area contributed by atoms with Gasteiger partial charge in [0, 0.05) is 4.90 Å². The molecule has 5 nitrogen and oxygen atoms in total. The van der Waals surface area contributed by atoms with E-state index in [0.29, 0.717) is 11.6 Å². The fourth-order valence-electron chi connectivity index (χ4n) is 1.21. The molecule has 0 amide bonds. The normalized spacial score (nSPS) is 10.4. The number of rotatable bonds is 5. The van der Waals surface area contributed by atoms with Gasteiger partial charge in [-0.05, 0) is 12.1 Å². The number of benzene rings is 1. The van der Waals surface area contributed by atoms with E-state index in [1.165, 1.54) is 0 Å². The topological polar surface area (TPSA) is 76.2 Å². The molecule has 88 valence electrons. The molecule has 2 aromatic rings. The summed E-state index contributed by atoms with van der Waals surface area (Å²) >= 11 is 1.57. The lowest BCUT2D eigenvalue weighted by atomic mass is 10.4. The monoisotopic (exact) mass is 250 g/mol. The fraction of sp³-hybridized carbons (Fsp3) is 0.182. The van der Waals surface area contributed by atoms with Gasteiger partial charge in [-0.25, -0.2) is 0 Å². The highest BCUT2D eigenvalue weighted by Crippen LogP contribution is 2.20. The van der Waals surface area contributed by atoms with E-state index < -0.39 is 5.97 Å². The van der Waals surface area contributed by atoms with Crippen molar-refractivity contribution in [1.82, 2.24) is 10.1 Å². The maximum Gasteiger partial charge on any atom is 0.312 e. The molecule has 1 N–H and O–H groups in total. The smallest absolute Gasteiger partial charge is 0.312 e. The molecule has 17 heavy (non-hydrogen) atoms. The number of aliphatic carboxylic acids is 1. The van der Waals surface area contributed by atoms with Gasteiger partial charge < -0.3 is 9.63 Å². The van der Waals surface area contributed by atoms with Crippen LogP contribution in [0.5, 0.6) is 0 Å². The molecule has 1 aromatic heterocycles. The van der Waals surface area contributed by atoms with E-state index in [-0.39, 0.29) is 12.3 Å². The van der Waals surface area contributed by atoms with Gasteiger partial charge in [-0.1, -0.05) is 23.4 Å². The SMILES string of the molecule is O=C(O)Cc1nc(CSc2ccccc2)no1. The highest BCUT2D eigenvalue weighted by Gasteiger charge is 2.10. The van der Waals surface area contributed by atoms with Crippen molar-refractivity contribution < 1.29 is 14.4 Å². The van der Waals surface area contributed by atoms with Crippen LogP contribution in [-0.2, 0) is 17.0 Å². The predicted octanol–water partition coefficient (Wildman–Crippen LogP) is 1.99. The molecule has 0 saturated carbocycles. The molecule has 0 radical (unpaired) electrons. The molecule has 0 aliphatic carbocycles. The lowest BCUT2D eigenvalue weighted by molar-refractivity contribution is -0.136. The molecule has 0 aliphatic heterocycles. The summed E-state index contributed by atoms with van der Waals surface area (Å²) in [6.45, 7) is 0. The van der Waals surface area contributed by atoms with E-state index >= 15 is 0 Å². The highest BCUT2D eigenvalue weighted by atomic mass is 32.2. The van der Waals surface area contributed by atoms with Crippen molar-refractivity contribution in [2.45, 2.75) is 17.1 Å². The molecular formula is C11H10N2O3S. The molecule has 0 unspecified atom stereocenters. The van der Waals surface area contributed by atoms with E-state index in [2.05, 4.69) is 10.1 Å². The minimum absolute atomic E-state index is 0.140. The van der Waals surface area contributed by atoms with Gasteiger partial charge in [-0.15, -0.1) is 11.8 Å². The minimum atomic E-state index is -0.976. The van der Waals surface area contributed by atoms with E-state index in [1.807, 2.05) is 30.3 Å². The molecule has 2 rings (SSSR count). The van der Waals surface area contributed by atoms with Gasteiger partial charge in [-0.2, -0.15) is 4.98 Å². The first-order chi connectivity index (χ1) is 8.24. The first kappa shape index (κ1) is 11.7. The highest BCUT2D eigenvalue weighted by molar-refractivity contribution is 7.98. The van der Waals surface area contributed by atoms with Gasteiger partial charge in [0.05, 0.1) is 5.75 Å². The van der Waals surface area contributed by atoms with Crippen LogP contribution in [0.25, 0.3) is 0 Å². The van der Waals surface area contributed by atoms with Crippen molar-refractivity contribution in [2.24, 2.45) is 0 Å². The van der Waals surface area contributed by atoms with Crippen molar-refractivity contribution >= 4 is 17.7 Å². The molecule has 0 bridgehead atoms. The van der Waals surface area contributed by atoms with E-state index in [9.17, 15) is 4.79 Å². The maximum atomic E-state index is 10.4. The van der Waals surface area contributed by atoms with Crippen LogP contribution in [0, 0.1) is 0 Å². The largest absolute Gasteiger partial charge is 0.481 e. The molecular weight excluding hydrogens is 240 g/mol. The Balaban J connectivity index is 1.91. The van der Waals surface area contributed by atoms with Gasteiger partial charge in [0.25, 0.3) is 0 Å². The summed E-state index contributed by atoms with van der Waals surface area (Å²) in [6.07, 6.45) is -0.233. The van der Waals surface area contributed by atoms with Crippen molar-refractivity contribution in [3.05, 3.63) is 42.0 Å². The lowest BCUT2D eigenvalue weighted by Gasteiger charge is -1.96. The van der Waals surface area contributed by atoms with E-state index in [4.69, 9.17) is 9.63 Å². The molecule has 0 saturated heterocycles. The van der Waals surface area contributed by atoms with Crippen LogP contribution >= 0.6 is 11.8 Å². The zero-order chi connectivity index (χ0) is 12.1. The number of hydrogen-bond acceptors (Lipinski definition) is 5. The van der Waals surface area contributed by atoms with Crippen LogP contribution in [-0.4, -0.2) is 21.2 Å². The van der Waals surface area contributed by atoms with Crippen LogP contribution in [0.1, 0.15) is 11.7 Å². The molecule has 0 spiro atoms. The number of carbonyl (C=O) groups is 1. The van der Waals surface area contributed by atoms with Gasteiger partial charge in [-0.3, -0.25) is 4.79 Å². The predicted molar refractivity (Wildman–Crippen MR) is 61.6 cm³/mol. The van der Waals surface area contributed by atoms with E-state index in [0.717, 1.165) is 4.90 Å². The summed E-state index contributed by atoms with van der Waals surface area (Å²) in [4.78, 5) is 15.5. The van der Waals surface area contributed by atoms with Crippen LogP contribution < -0.4 is 0 Å². The number of nitrogens with zero attached hydrogens (tertiary/aromatic N) is 2. The van der Waals surface area contributed by atoms with Crippen molar-refractivity contribution in [1.29, 1.82) is 0 Å². The second kappa shape index (κ2) is 5.49. The first-order valence-electron chi connectivity index (χ1n) is 4.95. The fourth-order valence-corrected chi connectivity index (χ4v) is 1.98. The number of carboxylic acid groups (broad SMARTS) is 1. The Labute approximate surface area is 102 Å². The number of carboxylic acids is 1. The van der Waals surface area contributed by atoms with Crippen LogP contribution in [0.4, 0.5) is 0 Å². The van der Waals surface area contributed by atoms with Crippen molar-refractivity contribution in [3.63, 3.8) is 0 Å². The van der Waals surface area contributed by atoms with Crippen molar-refractivity contribution in [3.8, 4) is 0 Å². The Morgan fingerprint density at radius 3 is 2.82 bits per heavy atom. The second-order valence-corrected chi connectivity index (χ2v) is 4.33. The third-order valence-electron chi connectivity index (χ3n) is 1.92. The van der Waals surface area contributed by atoms with Gasteiger partial charge in [0.15, 0.2) is 5.82 Å². The summed E-state index contributed by atoms with van der Waals surface area (Å²) in [6, 6.07) is 9.83. The van der Waals surface area contributed by atoms with Gasteiger partial charge in [0.1, 0.15) is 6.42 Å². The average Bonchev–Trinajstić information content (AvgIpc) is 2.75. The Morgan fingerprint density at radius 2 is 2.12 bits per heavy atom. The Kier molecular flexibility index (Phi) is 3.77. The van der Waals surface area contributed by atoms with Crippen LogP contribution in [0.2, 0.25) is 0 Å². The lowest BCUT2D eigenvalue weighted by Crippen LogP contribution is -2.00. The van der Waals surface area contributed by atoms with Gasteiger partial charge in [0.2, 0.25) is 5.89 Å². The molecule has 0 atom stereocenters. The first-order valence-corrected chi connectivity index (χ1v) is 5.93. The van der Waals surface area contributed by atoms with Gasteiger partial charge >= 0.3 is 5.97 Å². The van der Waals surface area contributed by atoms with Crippen LogP contribution in [0.15, 0.2) is 39.8 Å². The minimum Gasteiger partial charge on any atom is -0.481 e. The summed E-state index contributed by atoms with van der Waals surface area (Å²) in [7, 11) is 0. The Morgan fingerprint density at radius 1 is 1.35 bits per heavy atom. The average molecular weight is 250 g/mol. The molecule has 0 fully saturated rings. The molecule has 0 aliphatic rings. The Bertz CT molecular complexity index is 498. The zero-order valence-electron chi connectivity index (χ0n) is 8.87. The van der Waals surface area contributed by atoms with Crippen LogP contribution in [0.3, 0.4) is 0 Å². The number of aromatic nitrogens is 2. The Hall–Kier alpha value is -1.82. The molecule has 1 heterocycles. The summed E-state index contributed by atoms with van der Waals surface area (Å²) in [5, 5.41) is 12.3.